The molecule has 1 unspecified atom stereocenters. The second-order valence-corrected chi connectivity index (χ2v) is 4.18. The number of halogens is 1. The van der Waals surface area contributed by atoms with Crippen molar-refractivity contribution >= 4 is 21.8 Å². The standard InChI is InChI=1S/C10H15BrN2O2/c1-3-8(4-5-11)12-10(14)9-6-7(2)13-15-9/h6,8H,3-5H2,1-2H3,(H,12,14). The van der Waals surface area contributed by atoms with E-state index in [9.17, 15) is 4.79 Å². The van der Waals surface area contributed by atoms with E-state index in [2.05, 4.69) is 26.4 Å². The number of nitrogens with zero attached hydrogens (tertiary/aromatic N) is 1. The number of nitrogens with one attached hydrogen (secondary N) is 1. The van der Waals surface area contributed by atoms with Crippen LogP contribution in [-0.2, 0) is 0 Å². The Labute approximate surface area is 97.5 Å². The van der Waals surface area contributed by atoms with Gasteiger partial charge in [0.2, 0.25) is 5.76 Å². The molecule has 84 valence electrons. The SMILES string of the molecule is CCC(CCBr)NC(=O)c1cc(C)no1. The Kier molecular flexibility index (Phi) is 4.81. The van der Waals surface area contributed by atoms with E-state index in [1.165, 1.54) is 0 Å². The lowest BCUT2D eigenvalue weighted by atomic mass is 10.1. The second kappa shape index (κ2) is 5.90. The smallest absolute Gasteiger partial charge is 0.290 e. The number of aromatic nitrogens is 1. The highest BCUT2D eigenvalue weighted by Gasteiger charge is 2.15. The summed E-state index contributed by atoms with van der Waals surface area (Å²) in [6, 6.07) is 1.82. The van der Waals surface area contributed by atoms with E-state index in [1.54, 1.807) is 13.0 Å². The zero-order chi connectivity index (χ0) is 11.3. The summed E-state index contributed by atoms with van der Waals surface area (Å²) >= 11 is 3.35. The maximum absolute atomic E-state index is 11.6. The monoisotopic (exact) mass is 274 g/mol. The first-order chi connectivity index (χ1) is 7.17. The fourth-order valence-electron chi connectivity index (χ4n) is 1.24. The minimum absolute atomic E-state index is 0.183. The summed E-state index contributed by atoms with van der Waals surface area (Å²) in [6.45, 7) is 3.83. The zero-order valence-corrected chi connectivity index (χ0v) is 10.5. The lowest BCUT2D eigenvalue weighted by molar-refractivity contribution is 0.0898. The predicted molar refractivity (Wildman–Crippen MR) is 61.2 cm³/mol. The van der Waals surface area contributed by atoms with Crippen molar-refractivity contribution in [3.8, 4) is 0 Å². The minimum Gasteiger partial charge on any atom is -0.351 e. The van der Waals surface area contributed by atoms with E-state index in [-0.39, 0.29) is 17.7 Å². The molecule has 5 heteroatoms. The molecule has 0 radical (unpaired) electrons. The topological polar surface area (TPSA) is 55.1 Å². The molecule has 1 aromatic rings. The maximum atomic E-state index is 11.6. The first-order valence-electron chi connectivity index (χ1n) is 4.97. The highest BCUT2D eigenvalue weighted by Crippen LogP contribution is 2.05. The summed E-state index contributed by atoms with van der Waals surface area (Å²) in [4.78, 5) is 11.6. The molecule has 0 aliphatic heterocycles. The molecule has 1 rings (SSSR count). The molecule has 15 heavy (non-hydrogen) atoms. The van der Waals surface area contributed by atoms with Crippen molar-refractivity contribution in [1.82, 2.24) is 10.5 Å². The summed E-state index contributed by atoms with van der Waals surface area (Å²) in [5, 5.41) is 7.44. The van der Waals surface area contributed by atoms with E-state index in [0.29, 0.717) is 5.69 Å². The van der Waals surface area contributed by atoms with Gasteiger partial charge in [0.25, 0.3) is 5.91 Å². The molecular weight excluding hydrogens is 260 g/mol. The van der Waals surface area contributed by atoms with E-state index in [1.807, 2.05) is 6.92 Å². The van der Waals surface area contributed by atoms with Gasteiger partial charge in [0.15, 0.2) is 0 Å². The first-order valence-corrected chi connectivity index (χ1v) is 6.09. The van der Waals surface area contributed by atoms with Gasteiger partial charge in [0, 0.05) is 17.4 Å². The van der Waals surface area contributed by atoms with Crippen LogP contribution in [-0.4, -0.2) is 22.4 Å². The normalized spacial score (nSPS) is 12.5. The van der Waals surface area contributed by atoms with Crippen LogP contribution >= 0.6 is 15.9 Å². The molecule has 0 aromatic carbocycles. The third-order valence-electron chi connectivity index (χ3n) is 2.14. The third-order valence-corrected chi connectivity index (χ3v) is 2.60. The molecule has 0 fully saturated rings. The maximum Gasteiger partial charge on any atom is 0.290 e. The number of carbonyl (C=O) groups excluding carboxylic acids is 1. The molecule has 4 nitrogen and oxygen atoms in total. The van der Waals surface area contributed by atoms with Crippen molar-refractivity contribution in [2.45, 2.75) is 32.7 Å². The van der Waals surface area contributed by atoms with Crippen LogP contribution in [0, 0.1) is 6.92 Å². The van der Waals surface area contributed by atoms with Crippen molar-refractivity contribution in [2.75, 3.05) is 5.33 Å². The van der Waals surface area contributed by atoms with Crippen LogP contribution in [0.2, 0.25) is 0 Å². The van der Waals surface area contributed by atoms with E-state index >= 15 is 0 Å². The summed E-state index contributed by atoms with van der Waals surface area (Å²) < 4.78 is 4.88. The fraction of sp³-hybridized carbons (Fsp3) is 0.600. The van der Waals surface area contributed by atoms with Crippen LogP contribution < -0.4 is 5.32 Å². The lowest BCUT2D eigenvalue weighted by Gasteiger charge is -2.13. The molecule has 0 saturated heterocycles. The molecule has 0 aliphatic carbocycles. The number of carbonyl (C=O) groups is 1. The van der Waals surface area contributed by atoms with E-state index in [4.69, 9.17) is 4.52 Å². The highest BCUT2D eigenvalue weighted by atomic mass is 79.9. The molecule has 1 amide bonds. The van der Waals surface area contributed by atoms with Gasteiger partial charge in [-0.3, -0.25) is 4.79 Å². The second-order valence-electron chi connectivity index (χ2n) is 3.39. The number of alkyl halides is 1. The molecule has 1 aromatic heterocycles. The Bertz CT molecular complexity index is 325. The molecule has 0 spiro atoms. The highest BCUT2D eigenvalue weighted by molar-refractivity contribution is 9.09. The molecule has 0 aliphatic rings. The number of hydrogen-bond acceptors (Lipinski definition) is 3. The number of amides is 1. The zero-order valence-electron chi connectivity index (χ0n) is 8.92. The Morgan fingerprint density at radius 3 is 2.93 bits per heavy atom. The van der Waals surface area contributed by atoms with Gasteiger partial charge in [-0.1, -0.05) is 28.0 Å². The van der Waals surface area contributed by atoms with Gasteiger partial charge >= 0.3 is 0 Å². The Morgan fingerprint density at radius 1 is 1.73 bits per heavy atom. The number of hydrogen-bond donors (Lipinski definition) is 1. The van der Waals surface area contributed by atoms with Gasteiger partial charge in [-0.15, -0.1) is 0 Å². The molecule has 1 atom stereocenters. The first kappa shape index (κ1) is 12.2. The van der Waals surface area contributed by atoms with Gasteiger partial charge in [0.1, 0.15) is 0 Å². The summed E-state index contributed by atoms with van der Waals surface area (Å²) in [6.07, 6.45) is 1.82. The van der Waals surface area contributed by atoms with Crippen LogP contribution in [0.3, 0.4) is 0 Å². The molecule has 1 heterocycles. The lowest BCUT2D eigenvalue weighted by Crippen LogP contribution is -2.34. The van der Waals surface area contributed by atoms with Crippen molar-refractivity contribution in [3.05, 3.63) is 17.5 Å². The summed E-state index contributed by atoms with van der Waals surface area (Å²) in [7, 11) is 0. The van der Waals surface area contributed by atoms with Crippen molar-refractivity contribution in [1.29, 1.82) is 0 Å². The minimum atomic E-state index is -0.191. The van der Waals surface area contributed by atoms with Crippen LogP contribution in [0.5, 0.6) is 0 Å². The van der Waals surface area contributed by atoms with Crippen molar-refractivity contribution in [2.24, 2.45) is 0 Å². The van der Waals surface area contributed by atoms with Gasteiger partial charge in [-0.05, 0) is 19.8 Å². The van der Waals surface area contributed by atoms with Crippen molar-refractivity contribution in [3.63, 3.8) is 0 Å². The third kappa shape index (κ3) is 3.66. The molecule has 0 bridgehead atoms. The van der Waals surface area contributed by atoms with Gasteiger partial charge in [-0.25, -0.2) is 0 Å². The fourth-order valence-corrected chi connectivity index (χ4v) is 1.79. The van der Waals surface area contributed by atoms with Crippen LogP contribution in [0.15, 0.2) is 10.6 Å². The predicted octanol–water partition coefficient (Wildman–Crippen LogP) is 2.28. The van der Waals surface area contributed by atoms with Crippen molar-refractivity contribution < 1.29 is 9.32 Å². The summed E-state index contributed by atoms with van der Waals surface area (Å²) in [5.41, 5.74) is 0.716. The Morgan fingerprint density at radius 2 is 2.47 bits per heavy atom. The summed E-state index contributed by atoms with van der Waals surface area (Å²) in [5.74, 6) is 0.0870. The number of aryl methyl sites for hydroxylation is 1. The van der Waals surface area contributed by atoms with E-state index < -0.39 is 0 Å². The van der Waals surface area contributed by atoms with Gasteiger partial charge in [-0.2, -0.15) is 0 Å². The molecule has 1 N–H and O–H groups in total. The van der Waals surface area contributed by atoms with Crippen LogP contribution in [0.25, 0.3) is 0 Å². The largest absolute Gasteiger partial charge is 0.351 e. The quantitative estimate of drug-likeness (QED) is 0.839. The Balaban J connectivity index is 2.54. The van der Waals surface area contributed by atoms with Gasteiger partial charge < -0.3 is 9.84 Å². The van der Waals surface area contributed by atoms with Gasteiger partial charge in [0.05, 0.1) is 5.69 Å². The van der Waals surface area contributed by atoms with E-state index in [0.717, 1.165) is 18.2 Å². The Hall–Kier alpha value is -0.840. The molecule has 0 saturated carbocycles. The number of rotatable bonds is 5. The average Bonchev–Trinajstić information content (AvgIpc) is 2.64. The van der Waals surface area contributed by atoms with Crippen LogP contribution in [0.4, 0.5) is 0 Å². The average molecular weight is 275 g/mol. The molecular formula is C10H15BrN2O2. The van der Waals surface area contributed by atoms with Crippen LogP contribution in [0.1, 0.15) is 36.0 Å².